The summed E-state index contributed by atoms with van der Waals surface area (Å²) in [5, 5.41) is 0. The van der Waals surface area contributed by atoms with Crippen LogP contribution in [-0.2, 0) is 17.8 Å². The van der Waals surface area contributed by atoms with Gasteiger partial charge < -0.3 is 4.74 Å². The molecule has 1 fully saturated rings. The van der Waals surface area contributed by atoms with Gasteiger partial charge in [-0.15, -0.1) is 0 Å². The quantitative estimate of drug-likeness (QED) is 0.607. The lowest BCUT2D eigenvalue weighted by Crippen LogP contribution is -2.39. The van der Waals surface area contributed by atoms with Gasteiger partial charge in [0.25, 0.3) is 0 Å². The third-order valence-electron chi connectivity index (χ3n) is 5.28. The largest absolute Gasteiger partial charge is 0.378 e. The van der Waals surface area contributed by atoms with E-state index in [1.165, 1.54) is 36.8 Å². The van der Waals surface area contributed by atoms with Gasteiger partial charge in [-0.2, -0.15) is 0 Å². The monoisotopic (exact) mass is 351 g/mol. The first-order valence-corrected chi connectivity index (χ1v) is 10.1. The molecule has 2 aromatic rings. The molecule has 0 radical (unpaired) electrons. The molecule has 0 spiro atoms. The van der Waals surface area contributed by atoms with Gasteiger partial charge in [0.05, 0.1) is 6.10 Å². The number of ether oxygens (including phenoxy) is 1. The van der Waals surface area contributed by atoms with Crippen molar-refractivity contribution in [3.05, 3.63) is 71.8 Å². The van der Waals surface area contributed by atoms with Crippen LogP contribution in [-0.4, -0.2) is 23.7 Å². The average Bonchev–Trinajstić information content (AvgIpc) is 2.68. The fourth-order valence-electron chi connectivity index (χ4n) is 3.86. The van der Waals surface area contributed by atoms with E-state index in [1.807, 2.05) is 0 Å². The maximum absolute atomic E-state index is 6.09. The van der Waals surface area contributed by atoms with Crippen LogP contribution >= 0.6 is 0 Å². The second-order valence-corrected chi connectivity index (χ2v) is 8.03. The average molecular weight is 352 g/mol. The molecule has 0 bridgehead atoms. The van der Waals surface area contributed by atoms with Gasteiger partial charge in [-0.3, -0.25) is 4.90 Å². The van der Waals surface area contributed by atoms with Crippen molar-refractivity contribution >= 4 is 0 Å². The summed E-state index contributed by atoms with van der Waals surface area (Å²) in [6, 6.07) is 22.4. The topological polar surface area (TPSA) is 12.5 Å². The summed E-state index contributed by atoms with van der Waals surface area (Å²) in [4.78, 5) is 2.67. The van der Waals surface area contributed by atoms with Crippen LogP contribution in [0, 0.1) is 5.92 Å². The molecule has 2 nitrogen and oxygen atoms in total. The lowest BCUT2D eigenvalue weighted by molar-refractivity contribution is -0.00666. The predicted molar refractivity (Wildman–Crippen MR) is 109 cm³/mol. The van der Waals surface area contributed by atoms with Crippen molar-refractivity contribution in [1.29, 1.82) is 0 Å². The Morgan fingerprint density at radius 1 is 0.808 bits per heavy atom. The van der Waals surface area contributed by atoms with Crippen molar-refractivity contribution < 1.29 is 4.74 Å². The molecule has 140 valence electrons. The van der Waals surface area contributed by atoms with Gasteiger partial charge >= 0.3 is 0 Å². The fraction of sp³-hybridized carbons (Fsp3) is 0.500. The van der Waals surface area contributed by atoms with E-state index in [2.05, 4.69) is 79.4 Å². The molecule has 1 aliphatic carbocycles. The standard InChI is InChI=1S/C24H33NO/c1-20(2)19-26-24-15-13-23(14-16-24)25(17-21-9-5-3-6-10-21)18-22-11-7-4-8-12-22/h3-12,20,23-24H,13-19H2,1-2H3. The zero-order chi connectivity index (χ0) is 18.2. The Bertz CT molecular complexity index is 576. The molecule has 0 amide bonds. The summed E-state index contributed by atoms with van der Waals surface area (Å²) in [6.45, 7) is 7.41. The Kier molecular flexibility index (Phi) is 7.28. The first kappa shape index (κ1) is 19.1. The van der Waals surface area contributed by atoms with Crippen LogP contribution in [0.1, 0.15) is 50.7 Å². The van der Waals surface area contributed by atoms with Gasteiger partial charge in [-0.05, 0) is 42.7 Å². The highest BCUT2D eigenvalue weighted by molar-refractivity contribution is 5.17. The first-order chi connectivity index (χ1) is 12.7. The number of hydrogen-bond acceptors (Lipinski definition) is 2. The Morgan fingerprint density at radius 2 is 1.31 bits per heavy atom. The molecule has 0 saturated heterocycles. The van der Waals surface area contributed by atoms with Gasteiger partial charge in [0.1, 0.15) is 0 Å². The lowest BCUT2D eigenvalue weighted by atomic mass is 9.91. The maximum Gasteiger partial charge on any atom is 0.0576 e. The molecule has 0 N–H and O–H groups in total. The summed E-state index contributed by atoms with van der Waals surface area (Å²) >= 11 is 0. The van der Waals surface area contributed by atoms with Crippen molar-refractivity contribution in [2.75, 3.05) is 6.61 Å². The van der Waals surface area contributed by atoms with Gasteiger partial charge in [0.2, 0.25) is 0 Å². The van der Waals surface area contributed by atoms with Crippen LogP contribution in [0.25, 0.3) is 0 Å². The zero-order valence-corrected chi connectivity index (χ0v) is 16.3. The smallest absolute Gasteiger partial charge is 0.0576 e. The minimum absolute atomic E-state index is 0.462. The molecule has 2 heteroatoms. The van der Waals surface area contributed by atoms with Crippen LogP contribution in [0.3, 0.4) is 0 Å². The highest BCUT2D eigenvalue weighted by atomic mass is 16.5. The Balaban J connectivity index is 1.62. The normalized spacial score (nSPS) is 20.6. The summed E-state index contributed by atoms with van der Waals surface area (Å²) < 4.78 is 6.09. The molecular weight excluding hydrogens is 318 g/mol. The van der Waals surface area contributed by atoms with Gasteiger partial charge in [0, 0.05) is 25.7 Å². The molecule has 0 aromatic heterocycles. The highest BCUT2D eigenvalue weighted by Crippen LogP contribution is 2.28. The van der Waals surface area contributed by atoms with E-state index >= 15 is 0 Å². The molecule has 26 heavy (non-hydrogen) atoms. The molecule has 0 aliphatic heterocycles. The molecule has 1 aliphatic rings. The van der Waals surface area contributed by atoms with Crippen molar-refractivity contribution in [3.63, 3.8) is 0 Å². The Morgan fingerprint density at radius 3 is 1.77 bits per heavy atom. The molecule has 0 unspecified atom stereocenters. The van der Waals surface area contributed by atoms with Gasteiger partial charge in [0.15, 0.2) is 0 Å². The molecule has 2 aromatic carbocycles. The summed E-state index contributed by atoms with van der Waals surface area (Å²) in [5.74, 6) is 0.625. The van der Waals surface area contributed by atoms with E-state index in [0.717, 1.165) is 19.7 Å². The fourth-order valence-corrected chi connectivity index (χ4v) is 3.86. The van der Waals surface area contributed by atoms with Crippen molar-refractivity contribution in [1.82, 2.24) is 4.90 Å². The van der Waals surface area contributed by atoms with Crippen LogP contribution < -0.4 is 0 Å². The molecule has 0 atom stereocenters. The molecule has 1 saturated carbocycles. The van der Waals surface area contributed by atoms with Crippen LogP contribution in [0.2, 0.25) is 0 Å². The number of benzene rings is 2. The predicted octanol–water partition coefficient (Wildman–Crippen LogP) is 5.67. The van der Waals surface area contributed by atoms with E-state index in [4.69, 9.17) is 4.74 Å². The van der Waals surface area contributed by atoms with Crippen molar-refractivity contribution in [3.8, 4) is 0 Å². The van der Waals surface area contributed by atoms with Gasteiger partial charge in [-0.1, -0.05) is 74.5 Å². The Hall–Kier alpha value is -1.64. The Labute approximate surface area is 159 Å². The summed E-state index contributed by atoms with van der Waals surface area (Å²) in [6.07, 6.45) is 5.32. The molecular formula is C24H33NO. The maximum atomic E-state index is 6.09. The third kappa shape index (κ3) is 5.96. The van der Waals surface area contributed by atoms with E-state index in [1.54, 1.807) is 0 Å². The van der Waals surface area contributed by atoms with Crippen molar-refractivity contribution in [2.45, 2.75) is 64.8 Å². The number of rotatable bonds is 8. The lowest BCUT2D eigenvalue weighted by Gasteiger charge is -2.37. The zero-order valence-electron chi connectivity index (χ0n) is 16.3. The SMILES string of the molecule is CC(C)COC1CCC(N(Cc2ccccc2)Cc2ccccc2)CC1. The van der Waals surface area contributed by atoms with E-state index < -0.39 is 0 Å². The van der Waals surface area contributed by atoms with E-state index in [0.29, 0.717) is 18.1 Å². The van der Waals surface area contributed by atoms with Crippen LogP contribution in [0.5, 0.6) is 0 Å². The molecule has 3 rings (SSSR count). The minimum atomic E-state index is 0.462. The number of hydrogen-bond donors (Lipinski definition) is 0. The summed E-state index contributed by atoms with van der Waals surface area (Å²) in [7, 11) is 0. The van der Waals surface area contributed by atoms with E-state index in [9.17, 15) is 0 Å². The minimum Gasteiger partial charge on any atom is -0.378 e. The first-order valence-electron chi connectivity index (χ1n) is 10.1. The van der Waals surface area contributed by atoms with E-state index in [-0.39, 0.29) is 0 Å². The second kappa shape index (κ2) is 9.89. The molecule has 0 heterocycles. The van der Waals surface area contributed by atoms with Crippen LogP contribution in [0.4, 0.5) is 0 Å². The van der Waals surface area contributed by atoms with Gasteiger partial charge in [-0.25, -0.2) is 0 Å². The van der Waals surface area contributed by atoms with Crippen LogP contribution in [0.15, 0.2) is 60.7 Å². The summed E-state index contributed by atoms with van der Waals surface area (Å²) in [5.41, 5.74) is 2.81. The highest BCUT2D eigenvalue weighted by Gasteiger charge is 2.26. The third-order valence-corrected chi connectivity index (χ3v) is 5.28. The second-order valence-electron chi connectivity index (χ2n) is 8.03. The van der Waals surface area contributed by atoms with Crippen molar-refractivity contribution in [2.24, 2.45) is 5.92 Å². The number of nitrogens with zero attached hydrogens (tertiary/aromatic N) is 1.